The molecule has 0 aliphatic carbocycles. The van der Waals surface area contributed by atoms with Crippen molar-refractivity contribution < 1.29 is 9.90 Å². The second-order valence-electron chi connectivity index (χ2n) is 3.26. The second kappa shape index (κ2) is 6.88. The zero-order chi connectivity index (χ0) is 12.7. The number of hydrogen-bond donors (Lipinski definition) is 2. The number of nitrogens with one attached hydrogen (secondary N) is 1. The monoisotopic (exact) mass is 255 g/mol. The number of aliphatic hydroxyl groups excluding tert-OH is 1. The number of carbonyl (C=O) groups excluding carboxylic acids is 1. The minimum absolute atomic E-state index is 0.0988. The van der Waals surface area contributed by atoms with Crippen LogP contribution < -0.4 is 5.32 Å². The van der Waals surface area contributed by atoms with E-state index in [4.69, 9.17) is 16.7 Å². The normalized spacial score (nSPS) is 9.76. The maximum absolute atomic E-state index is 11.8. The number of halogens is 1. The van der Waals surface area contributed by atoms with Crippen LogP contribution in [0.15, 0.2) is 31.0 Å². The molecule has 0 fully saturated rings. The first kappa shape index (κ1) is 13.5. The maximum atomic E-state index is 11.8. The van der Waals surface area contributed by atoms with Crippen LogP contribution >= 0.6 is 11.6 Å². The van der Waals surface area contributed by atoms with E-state index >= 15 is 0 Å². The van der Waals surface area contributed by atoms with Crippen LogP contribution in [0.2, 0.25) is 5.15 Å². The van der Waals surface area contributed by atoms with Crippen molar-refractivity contribution in [2.24, 2.45) is 0 Å². The molecule has 2 amide bonds. The van der Waals surface area contributed by atoms with Gasteiger partial charge >= 0.3 is 6.03 Å². The lowest BCUT2D eigenvalue weighted by molar-refractivity contribution is 0.195. The van der Waals surface area contributed by atoms with Gasteiger partial charge in [0.1, 0.15) is 5.15 Å². The molecule has 0 atom stereocenters. The quantitative estimate of drug-likeness (QED) is 0.622. The Balaban J connectivity index is 2.65. The van der Waals surface area contributed by atoms with Crippen LogP contribution in [0, 0.1) is 0 Å². The largest absolute Gasteiger partial charge is 0.395 e. The lowest BCUT2D eigenvalue weighted by Gasteiger charge is -2.20. The Bertz CT molecular complexity index is 398. The van der Waals surface area contributed by atoms with Crippen molar-refractivity contribution in [3.05, 3.63) is 36.1 Å². The minimum atomic E-state index is -0.318. The van der Waals surface area contributed by atoms with Gasteiger partial charge in [-0.3, -0.25) is 0 Å². The number of rotatable bonds is 5. The molecule has 6 heteroatoms. The molecular formula is C11H14ClN3O2. The van der Waals surface area contributed by atoms with Crippen LogP contribution in [0.25, 0.3) is 0 Å². The average Bonchev–Trinajstić information content (AvgIpc) is 2.28. The molecule has 2 N–H and O–H groups in total. The van der Waals surface area contributed by atoms with E-state index in [1.165, 1.54) is 11.1 Å². The molecule has 0 saturated carbocycles. The standard InChI is InChI=1S/C11H14ClN3O2/c1-2-5-15(6-7-16)11(17)14-9-3-4-13-10(12)8-9/h2-4,8,16H,1,5-7H2,(H,13,14,17). The summed E-state index contributed by atoms with van der Waals surface area (Å²) >= 11 is 5.70. The summed E-state index contributed by atoms with van der Waals surface area (Å²) in [6.45, 7) is 4.07. The number of urea groups is 1. The van der Waals surface area contributed by atoms with Crippen LogP contribution in [-0.4, -0.2) is 40.7 Å². The number of anilines is 1. The highest BCUT2D eigenvalue weighted by atomic mass is 35.5. The molecule has 1 aromatic rings. The molecule has 1 aromatic heterocycles. The molecule has 0 spiro atoms. The summed E-state index contributed by atoms with van der Waals surface area (Å²) < 4.78 is 0. The molecule has 1 rings (SSSR count). The summed E-state index contributed by atoms with van der Waals surface area (Å²) in [4.78, 5) is 17.0. The molecule has 0 unspecified atom stereocenters. The van der Waals surface area contributed by atoms with Crippen molar-refractivity contribution >= 4 is 23.3 Å². The van der Waals surface area contributed by atoms with Gasteiger partial charge in [0.05, 0.1) is 6.61 Å². The number of nitrogens with zero attached hydrogens (tertiary/aromatic N) is 2. The Morgan fingerprint density at radius 1 is 1.71 bits per heavy atom. The maximum Gasteiger partial charge on any atom is 0.322 e. The van der Waals surface area contributed by atoms with Gasteiger partial charge in [0.25, 0.3) is 0 Å². The van der Waals surface area contributed by atoms with Crippen LogP contribution in [-0.2, 0) is 0 Å². The van der Waals surface area contributed by atoms with Gasteiger partial charge in [-0.05, 0) is 12.1 Å². The second-order valence-corrected chi connectivity index (χ2v) is 3.64. The van der Waals surface area contributed by atoms with Gasteiger partial charge in [0, 0.05) is 25.0 Å². The van der Waals surface area contributed by atoms with E-state index in [0.717, 1.165) is 0 Å². The molecule has 0 saturated heterocycles. The molecule has 92 valence electrons. The third-order valence-corrected chi connectivity index (χ3v) is 2.19. The molecule has 0 aromatic carbocycles. The van der Waals surface area contributed by atoms with Crippen LogP contribution in [0.4, 0.5) is 10.5 Å². The van der Waals surface area contributed by atoms with Gasteiger partial charge < -0.3 is 15.3 Å². The molecule has 17 heavy (non-hydrogen) atoms. The minimum Gasteiger partial charge on any atom is -0.395 e. The van der Waals surface area contributed by atoms with Gasteiger partial charge in [-0.1, -0.05) is 17.7 Å². The number of amides is 2. The van der Waals surface area contributed by atoms with E-state index in [1.54, 1.807) is 18.2 Å². The fraction of sp³-hybridized carbons (Fsp3) is 0.273. The lowest BCUT2D eigenvalue weighted by Crippen LogP contribution is -2.37. The average molecular weight is 256 g/mol. The fourth-order valence-electron chi connectivity index (χ4n) is 1.24. The Morgan fingerprint density at radius 2 is 2.47 bits per heavy atom. The predicted octanol–water partition coefficient (Wildman–Crippen LogP) is 1.75. The Labute approximate surface area is 105 Å². The highest BCUT2D eigenvalue weighted by molar-refractivity contribution is 6.29. The van der Waals surface area contributed by atoms with Crippen molar-refractivity contribution in [1.29, 1.82) is 0 Å². The topological polar surface area (TPSA) is 65.5 Å². The Morgan fingerprint density at radius 3 is 3.06 bits per heavy atom. The van der Waals surface area contributed by atoms with Crippen molar-refractivity contribution in [3.8, 4) is 0 Å². The predicted molar refractivity (Wildman–Crippen MR) is 67.1 cm³/mol. The van der Waals surface area contributed by atoms with Gasteiger partial charge in [-0.15, -0.1) is 6.58 Å². The molecule has 5 nitrogen and oxygen atoms in total. The number of aromatic nitrogens is 1. The highest BCUT2D eigenvalue weighted by Crippen LogP contribution is 2.12. The molecule has 0 bridgehead atoms. The highest BCUT2D eigenvalue weighted by Gasteiger charge is 2.11. The Kier molecular flexibility index (Phi) is 5.45. The lowest BCUT2D eigenvalue weighted by atomic mass is 10.4. The smallest absolute Gasteiger partial charge is 0.322 e. The number of hydrogen-bond acceptors (Lipinski definition) is 3. The Hall–Kier alpha value is -1.59. The molecular weight excluding hydrogens is 242 g/mol. The summed E-state index contributed by atoms with van der Waals surface area (Å²) in [6, 6.07) is 2.86. The van der Waals surface area contributed by atoms with Gasteiger partial charge in [-0.25, -0.2) is 9.78 Å². The van der Waals surface area contributed by atoms with Crippen LogP contribution in [0.3, 0.4) is 0 Å². The van der Waals surface area contributed by atoms with Crippen molar-refractivity contribution in [2.75, 3.05) is 25.0 Å². The number of aliphatic hydroxyl groups is 1. The fourth-order valence-corrected chi connectivity index (χ4v) is 1.41. The number of carbonyl (C=O) groups is 1. The van der Waals surface area contributed by atoms with Crippen LogP contribution in [0.5, 0.6) is 0 Å². The van der Waals surface area contributed by atoms with E-state index in [9.17, 15) is 4.79 Å². The van der Waals surface area contributed by atoms with E-state index < -0.39 is 0 Å². The first-order valence-corrected chi connectivity index (χ1v) is 5.44. The first-order chi connectivity index (χ1) is 8.17. The van der Waals surface area contributed by atoms with Crippen molar-refractivity contribution in [3.63, 3.8) is 0 Å². The van der Waals surface area contributed by atoms with Gasteiger partial charge in [0.2, 0.25) is 0 Å². The van der Waals surface area contributed by atoms with E-state index in [2.05, 4.69) is 16.9 Å². The van der Waals surface area contributed by atoms with Crippen molar-refractivity contribution in [1.82, 2.24) is 9.88 Å². The first-order valence-electron chi connectivity index (χ1n) is 5.06. The molecule has 0 aliphatic heterocycles. The van der Waals surface area contributed by atoms with Crippen LogP contribution in [0.1, 0.15) is 0 Å². The summed E-state index contributed by atoms with van der Waals surface area (Å²) in [6.07, 6.45) is 3.09. The third-order valence-electron chi connectivity index (χ3n) is 1.98. The summed E-state index contributed by atoms with van der Waals surface area (Å²) in [5.74, 6) is 0. The zero-order valence-electron chi connectivity index (χ0n) is 9.27. The van der Waals surface area contributed by atoms with Gasteiger partial charge in [0.15, 0.2) is 0 Å². The number of pyridine rings is 1. The third kappa shape index (κ3) is 4.42. The van der Waals surface area contributed by atoms with E-state index in [1.807, 2.05) is 0 Å². The summed E-state index contributed by atoms with van der Waals surface area (Å²) in [7, 11) is 0. The molecule has 0 aliphatic rings. The summed E-state index contributed by atoms with van der Waals surface area (Å²) in [5.41, 5.74) is 0.557. The molecule has 0 radical (unpaired) electrons. The summed E-state index contributed by atoms with van der Waals surface area (Å²) in [5, 5.41) is 11.8. The van der Waals surface area contributed by atoms with Gasteiger partial charge in [-0.2, -0.15) is 0 Å². The van der Waals surface area contributed by atoms with E-state index in [-0.39, 0.29) is 19.2 Å². The SMILES string of the molecule is C=CCN(CCO)C(=O)Nc1ccnc(Cl)c1. The van der Waals surface area contributed by atoms with E-state index in [0.29, 0.717) is 17.4 Å². The zero-order valence-corrected chi connectivity index (χ0v) is 10.0. The van der Waals surface area contributed by atoms with Crippen molar-refractivity contribution in [2.45, 2.75) is 0 Å². The molecule has 1 heterocycles.